The van der Waals surface area contributed by atoms with E-state index in [-0.39, 0.29) is 12.5 Å². The number of anilines is 1. The Bertz CT molecular complexity index is 494. The fourth-order valence-corrected chi connectivity index (χ4v) is 2.17. The molecule has 1 aromatic rings. The topological polar surface area (TPSA) is 58.6 Å². The van der Waals surface area contributed by atoms with Gasteiger partial charge in [0.1, 0.15) is 5.75 Å². The number of amides is 1. The summed E-state index contributed by atoms with van der Waals surface area (Å²) in [6, 6.07) is 5.31. The zero-order chi connectivity index (χ0) is 13.7. The predicted octanol–water partition coefficient (Wildman–Crippen LogP) is 2.63. The normalized spacial score (nSPS) is 14.1. The Morgan fingerprint density at radius 3 is 2.95 bits per heavy atom. The van der Waals surface area contributed by atoms with Crippen LogP contribution in [-0.2, 0) is 11.4 Å². The number of aliphatic hydroxyl groups is 1. The largest absolute Gasteiger partial charge is 0.494 e. The lowest BCUT2D eigenvalue weighted by Crippen LogP contribution is -2.13. The van der Waals surface area contributed by atoms with Crippen molar-refractivity contribution >= 4 is 11.6 Å². The summed E-state index contributed by atoms with van der Waals surface area (Å²) in [5.74, 6) is 0.605. The van der Waals surface area contributed by atoms with Crippen molar-refractivity contribution in [2.45, 2.75) is 32.8 Å². The molecular formula is C15H19NO3. The van der Waals surface area contributed by atoms with E-state index in [9.17, 15) is 9.90 Å². The zero-order valence-corrected chi connectivity index (χ0v) is 11.1. The van der Waals surface area contributed by atoms with Gasteiger partial charge in [0.2, 0.25) is 0 Å². The van der Waals surface area contributed by atoms with Crippen molar-refractivity contribution in [2.75, 3.05) is 11.9 Å². The van der Waals surface area contributed by atoms with Crippen LogP contribution in [0, 0.1) is 0 Å². The average Bonchev–Trinajstić information content (AvgIpc) is 2.94. The molecule has 4 heteroatoms. The number of benzene rings is 1. The highest BCUT2D eigenvalue weighted by molar-refractivity contribution is 6.04. The molecule has 19 heavy (non-hydrogen) atoms. The Hall–Kier alpha value is -1.81. The second-order valence-corrected chi connectivity index (χ2v) is 4.49. The van der Waals surface area contributed by atoms with E-state index in [0.29, 0.717) is 23.6 Å². The maximum absolute atomic E-state index is 12.0. The first-order valence-electron chi connectivity index (χ1n) is 6.61. The minimum absolute atomic E-state index is 0.0504. The zero-order valence-electron chi connectivity index (χ0n) is 11.1. The van der Waals surface area contributed by atoms with E-state index in [4.69, 9.17) is 4.74 Å². The number of allylic oxidation sites excluding steroid dienone is 1. The molecule has 1 aliphatic carbocycles. The van der Waals surface area contributed by atoms with Crippen LogP contribution in [-0.4, -0.2) is 17.6 Å². The smallest absolute Gasteiger partial charge is 0.251 e. The molecule has 102 valence electrons. The Morgan fingerprint density at radius 1 is 1.47 bits per heavy atom. The second kappa shape index (κ2) is 6.38. The number of rotatable bonds is 5. The van der Waals surface area contributed by atoms with Crippen LogP contribution < -0.4 is 10.1 Å². The number of nitrogens with one attached hydrogen (secondary N) is 1. The van der Waals surface area contributed by atoms with Crippen LogP contribution in [0.1, 0.15) is 31.7 Å². The number of carbonyl (C=O) groups is 1. The van der Waals surface area contributed by atoms with E-state index in [1.165, 1.54) is 0 Å². The first kappa shape index (κ1) is 13.6. The van der Waals surface area contributed by atoms with E-state index in [2.05, 4.69) is 5.32 Å². The Kier molecular flexibility index (Phi) is 4.58. The van der Waals surface area contributed by atoms with E-state index in [0.717, 1.165) is 24.8 Å². The lowest BCUT2D eigenvalue weighted by Gasteiger charge is -2.11. The van der Waals surface area contributed by atoms with Crippen LogP contribution in [0.3, 0.4) is 0 Å². The van der Waals surface area contributed by atoms with E-state index >= 15 is 0 Å². The van der Waals surface area contributed by atoms with Gasteiger partial charge >= 0.3 is 0 Å². The van der Waals surface area contributed by atoms with Crippen molar-refractivity contribution in [3.63, 3.8) is 0 Å². The van der Waals surface area contributed by atoms with Crippen molar-refractivity contribution in [3.05, 3.63) is 35.4 Å². The quantitative estimate of drug-likeness (QED) is 0.856. The standard InChI is InChI=1S/C15H19NO3/c1-2-19-14-8-7-13(9-12(14)10-17)16-15(18)11-5-3-4-6-11/h5,7-9,17H,2-4,6,10H2,1H3,(H,16,18). The van der Waals surface area contributed by atoms with Gasteiger partial charge < -0.3 is 15.2 Å². The van der Waals surface area contributed by atoms with Crippen LogP contribution in [0.4, 0.5) is 5.69 Å². The molecule has 0 aliphatic heterocycles. The molecular weight excluding hydrogens is 242 g/mol. The van der Waals surface area contributed by atoms with Gasteiger partial charge in [0.15, 0.2) is 0 Å². The lowest BCUT2D eigenvalue weighted by atomic mass is 10.1. The SMILES string of the molecule is CCOc1ccc(NC(=O)C2=CCCC2)cc1CO. The molecule has 0 atom stereocenters. The second-order valence-electron chi connectivity index (χ2n) is 4.49. The van der Waals surface area contributed by atoms with Crippen LogP contribution in [0.2, 0.25) is 0 Å². The van der Waals surface area contributed by atoms with Crippen molar-refractivity contribution in [1.29, 1.82) is 0 Å². The molecule has 2 rings (SSSR count). The fraction of sp³-hybridized carbons (Fsp3) is 0.400. The predicted molar refractivity (Wildman–Crippen MR) is 74.1 cm³/mol. The highest BCUT2D eigenvalue weighted by Gasteiger charge is 2.14. The summed E-state index contributed by atoms with van der Waals surface area (Å²) in [5, 5.41) is 12.2. The Labute approximate surface area is 113 Å². The van der Waals surface area contributed by atoms with E-state index in [1.807, 2.05) is 13.0 Å². The van der Waals surface area contributed by atoms with Crippen LogP contribution in [0.25, 0.3) is 0 Å². The number of hydrogen-bond donors (Lipinski definition) is 2. The minimum atomic E-state index is -0.109. The number of aliphatic hydroxyl groups excluding tert-OH is 1. The summed E-state index contributed by atoms with van der Waals surface area (Å²) in [6.45, 7) is 2.33. The molecule has 0 saturated carbocycles. The summed E-state index contributed by atoms with van der Waals surface area (Å²) in [4.78, 5) is 12.0. The molecule has 4 nitrogen and oxygen atoms in total. The fourth-order valence-electron chi connectivity index (χ4n) is 2.17. The highest BCUT2D eigenvalue weighted by atomic mass is 16.5. The first-order valence-corrected chi connectivity index (χ1v) is 6.61. The lowest BCUT2D eigenvalue weighted by molar-refractivity contribution is -0.112. The monoisotopic (exact) mass is 261 g/mol. The minimum Gasteiger partial charge on any atom is -0.494 e. The Balaban J connectivity index is 2.10. The third-order valence-corrected chi connectivity index (χ3v) is 3.12. The van der Waals surface area contributed by atoms with Crippen molar-refractivity contribution < 1.29 is 14.6 Å². The summed E-state index contributed by atoms with van der Waals surface area (Å²) in [5.41, 5.74) is 2.21. The van der Waals surface area contributed by atoms with Gasteiger partial charge in [-0.2, -0.15) is 0 Å². The van der Waals surface area contributed by atoms with Gasteiger partial charge in [-0.1, -0.05) is 6.08 Å². The van der Waals surface area contributed by atoms with Crippen molar-refractivity contribution in [1.82, 2.24) is 0 Å². The summed E-state index contributed by atoms with van der Waals surface area (Å²) < 4.78 is 5.40. The molecule has 2 N–H and O–H groups in total. The molecule has 0 fully saturated rings. The maximum atomic E-state index is 12.0. The molecule has 1 aromatic carbocycles. The summed E-state index contributed by atoms with van der Waals surface area (Å²) in [7, 11) is 0. The van der Waals surface area contributed by atoms with Crippen LogP contribution >= 0.6 is 0 Å². The summed E-state index contributed by atoms with van der Waals surface area (Å²) in [6.07, 6.45) is 4.86. The van der Waals surface area contributed by atoms with Gasteiger partial charge in [0, 0.05) is 16.8 Å². The molecule has 0 unspecified atom stereocenters. The third kappa shape index (κ3) is 3.35. The van der Waals surface area contributed by atoms with Gasteiger partial charge in [-0.15, -0.1) is 0 Å². The van der Waals surface area contributed by atoms with Gasteiger partial charge in [-0.3, -0.25) is 4.79 Å². The van der Waals surface area contributed by atoms with E-state index < -0.39 is 0 Å². The molecule has 0 radical (unpaired) electrons. The van der Waals surface area contributed by atoms with Gasteiger partial charge in [-0.05, 0) is 44.4 Å². The van der Waals surface area contributed by atoms with Crippen molar-refractivity contribution in [2.24, 2.45) is 0 Å². The average molecular weight is 261 g/mol. The van der Waals surface area contributed by atoms with Gasteiger partial charge in [0.05, 0.1) is 13.2 Å². The molecule has 1 amide bonds. The van der Waals surface area contributed by atoms with Gasteiger partial charge in [-0.25, -0.2) is 0 Å². The van der Waals surface area contributed by atoms with Crippen molar-refractivity contribution in [3.8, 4) is 5.75 Å². The molecule has 0 spiro atoms. The molecule has 0 aromatic heterocycles. The number of carbonyl (C=O) groups excluding carboxylic acids is 1. The maximum Gasteiger partial charge on any atom is 0.251 e. The number of ether oxygens (including phenoxy) is 1. The van der Waals surface area contributed by atoms with Gasteiger partial charge in [0.25, 0.3) is 5.91 Å². The summed E-state index contributed by atoms with van der Waals surface area (Å²) >= 11 is 0. The Morgan fingerprint density at radius 2 is 2.32 bits per heavy atom. The molecule has 0 saturated heterocycles. The first-order chi connectivity index (χ1) is 9.24. The highest BCUT2D eigenvalue weighted by Crippen LogP contribution is 2.24. The molecule has 0 heterocycles. The third-order valence-electron chi connectivity index (χ3n) is 3.12. The molecule has 0 bridgehead atoms. The molecule has 1 aliphatic rings. The van der Waals surface area contributed by atoms with Crippen LogP contribution in [0.5, 0.6) is 5.75 Å². The van der Waals surface area contributed by atoms with Crippen LogP contribution in [0.15, 0.2) is 29.8 Å². The number of hydrogen-bond acceptors (Lipinski definition) is 3. The van der Waals surface area contributed by atoms with E-state index in [1.54, 1.807) is 18.2 Å².